The predicted molar refractivity (Wildman–Crippen MR) is 260 cm³/mol. The molecule has 1 unspecified atom stereocenters. The Labute approximate surface area is 360 Å². The molecule has 0 saturated carbocycles. The Morgan fingerprint density at radius 1 is 0.361 bits per heavy atom. The van der Waals surface area contributed by atoms with Crippen LogP contribution in [0.1, 0.15) is 22.3 Å². The van der Waals surface area contributed by atoms with Crippen molar-refractivity contribution < 1.29 is 0 Å². The maximum absolute atomic E-state index is 2.50. The second-order valence-electron chi connectivity index (χ2n) is 16.0. The highest BCUT2D eigenvalue weighted by molar-refractivity contribution is 7.26. The van der Waals surface area contributed by atoms with Gasteiger partial charge in [-0.3, -0.25) is 0 Å². The summed E-state index contributed by atoms with van der Waals surface area (Å²) in [5, 5.41) is 5.10. The molecule has 0 aliphatic heterocycles. The maximum Gasteiger partial charge on any atom is 0.0714 e. The van der Waals surface area contributed by atoms with Crippen molar-refractivity contribution in [3.05, 3.63) is 259 Å². The van der Waals surface area contributed by atoms with Gasteiger partial charge in [0.15, 0.2) is 0 Å². The van der Waals surface area contributed by atoms with E-state index in [2.05, 4.69) is 241 Å². The second kappa shape index (κ2) is 14.3. The quantitative estimate of drug-likeness (QED) is 0.155. The van der Waals surface area contributed by atoms with E-state index >= 15 is 0 Å². The molecule has 0 saturated heterocycles. The van der Waals surface area contributed by atoms with Crippen molar-refractivity contribution in [2.45, 2.75) is 5.41 Å². The smallest absolute Gasteiger partial charge is 0.0714 e. The zero-order chi connectivity index (χ0) is 40.3. The predicted octanol–water partition coefficient (Wildman–Crippen LogP) is 16.4. The number of anilines is 3. The Morgan fingerprint density at radius 2 is 1.00 bits per heavy atom. The molecule has 1 aliphatic carbocycles. The van der Waals surface area contributed by atoms with Crippen LogP contribution in [-0.4, -0.2) is 0 Å². The standard InChI is InChI=1S/C59H39NS/c1-4-16-40(17-5-1)42-30-34-47(35-31-42)60(48-24-14-21-44(38-48)41-18-6-2-7-19-41)55-29-15-27-50-52-39-46(33-37-56(52)61-58(50)55)59(45-22-8-3-9-23-45)53-28-13-12-26-51(53)57-49-25-11-10-20-43(49)32-36-54(57)59/h1-39H. The van der Waals surface area contributed by atoms with Crippen LogP contribution in [-0.2, 0) is 5.41 Å². The van der Waals surface area contributed by atoms with Gasteiger partial charge in [0.1, 0.15) is 0 Å². The van der Waals surface area contributed by atoms with Crippen LogP contribution in [0.2, 0.25) is 0 Å². The summed E-state index contributed by atoms with van der Waals surface area (Å²) >= 11 is 1.88. The van der Waals surface area contributed by atoms with Crippen molar-refractivity contribution >= 4 is 59.3 Å². The van der Waals surface area contributed by atoms with Gasteiger partial charge in [-0.15, -0.1) is 11.3 Å². The van der Waals surface area contributed by atoms with Gasteiger partial charge >= 0.3 is 0 Å². The summed E-state index contributed by atoms with van der Waals surface area (Å²) in [7, 11) is 0. The average molecular weight is 794 g/mol. The highest BCUT2D eigenvalue weighted by atomic mass is 32.1. The number of nitrogens with zero attached hydrogens (tertiary/aromatic N) is 1. The first-order valence-corrected chi connectivity index (χ1v) is 21.8. The highest BCUT2D eigenvalue weighted by Gasteiger charge is 2.46. The van der Waals surface area contributed by atoms with E-state index in [1.54, 1.807) is 0 Å². The maximum atomic E-state index is 2.50. The molecule has 11 aromatic rings. The van der Waals surface area contributed by atoms with E-state index in [0.717, 1.165) is 11.4 Å². The van der Waals surface area contributed by atoms with E-state index in [9.17, 15) is 0 Å². The van der Waals surface area contributed by atoms with Gasteiger partial charge in [0, 0.05) is 26.8 Å². The van der Waals surface area contributed by atoms with Crippen molar-refractivity contribution in [2.24, 2.45) is 0 Å². The zero-order valence-corrected chi connectivity index (χ0v) is 34.2. The van der Waals surface area contributed by atoms with Gasteiger partial charge in [-0.05, 0) is 109 Å². The van der Waals surface area contributed by atoms with E-state index < -0.39 is 5.41 Å². The molecule has 286 valence electrons. The summed E-state index contributed by atoms with van der Waals surface area (Å²) in [6, 6.07) is 87.2. The van der Waals surface area contributed by atoms with Crippen LogP contribution in [0.15, 0.2) is 237 Å². The van der Waals surface area contributed by atoms with E-state index in [-0.39, 0.29) is 0 Å². The van der Waals surface area contributed by atoms with Crippen LogP contribution in [0.3, 0.4) is 0 Å². The molecule has 10 aromatic carbocycles. The lowest BCUT2D eigenvalue weighted by molar-refractivity contribution is 0.770. The first-order chi connectivity index (χ1) is 30.3. The summed E-state index contributed by atoms with van der Waals surface area (Å²) in [6.07, 6.45) is 0. The van der Waals surface area contributed by atoms with Crippen LogP contribution in [0.5, 0.6) is 0 Å². The first kappa shape index (κ1) is 35.4. The molecular formula is C59H39NS. The van der Waals surface area contributed by atoms with Gasteiger partial charge in [0.05, 0.1) is 15.8 Å². The third-order valence-corrected chi connectivity index (χ3v) is 13.9. The van der Waals surface area contributed by atoms with Crippen molar-refractivity contribution in [3.63, 3.8) is 0 Å². The average Bonchev–Trinajstić information content (AvgIpc) is 3.87. The molecule has 12 rings (SSSR count). The second-order valence-corrected chi connectivity index (χ2v) is 17.1. The van der Waals surface area contributed by atoms with Crippen molar-refractivity contribution in [1.29, 1.82) is 0 Å². The summed E-state index contributed by atoms with van der Waals surface area (Å²) < 4.78 is 2.54. The molecular weight excluding hydrogens is 755 g/mol. The lowest BCUT2D eigenvalue weighted by Crippen LogP contribution is -2.28. The lowest BCUT2D eigenvalue weighted by atomic mass is 9.67. The Kier molecular flexibility index (Phi) is 8.33. The van der Waals surface area contributed by atoms with Gasteiger partial charge in [-0.2, -0.15) is 0 Å². The van der Waals surface area contributed by atoms with Gasteiger partial charge < -0.3 is 4.90 Å². The van der Waals surface area contributed by atoms with Crippen LogP contribution in [0, 0.1) is 0 Å². The Balaban J connectivity index is 1.08. The fraction of sp³-hybridized carbons (Fsp3) is 0.0169. The first-order valence-electron chi connectivity index (χ1n) is 21.0. The molecule has 0 bridgehead atoms. The summed E-state index contributed by atoms with van der Waals surface area (Å²) in [6.45, 7) is 0. The van der Waals surface area contributed by atoms with E-state index in [1.807, 2.05) is 11.3 Å². The van der Waals surface area contributed by atoms with Crippen molar-refractivity contribution in [3.8, 4) is 33.4 Å². The SMILES string of the molecule is c1ccc(-c2ccc(N(c3cccc(-c4ccccc4)c3)c3cccc4c3sc3ccc(C5(c6ccccc6)c6ccccc6-c6c5ccc5ccccc65)cc34)cc2)cc1. The lowest BCUT2D eigenvalue weighted by Gasteiger charge is -2.34. The minimum Gasteiger partial charge on any atom is -0.309 e. The molecule has 1 heterocycles. The fourth-order valence-electron chi connectivity index (χ4n) is 10.0. The molecule has 0 N–H and O–H groups in total. The molecule has 1 aromatic heterocycles. The van der Waals surface area contributed by atoms with Crippen molar-refractivity contribution in [1.82, 2.24) is 0 Å². The number of benzene rings is 10. The topological polar surface area (TPSA) is 3.24 Å². The monoisotopic (exact) mass is 793 g/mol. The van der Waals surface area contributed by atoms with Gasteiger partial charge in [-0.25, -0.2) is 0 Å². The summed E-state index contributed by atoms with van der Waals surface area (Å²) in [5.41, 5.74) is 15.6. The molecule has 1 atom stereocenters. The minimum atomic E-state index is -0.498. The molecule has 0 radical (unpaired) electrons. The van der Waals surface area contributed by atoms with E-state index in [4.69, 9.17) is 0 Å². The fourth-order valence-corrected chi connectivity index (χ4v) is 11.2. The number of hydrogen-bond donors (Lipinski definition) is 0. The number of fused-ring (bicyclic) bond motifs is 8. The molecule has 2 heteroatoms. The number of thiophene rings is 1. The van der Waals surface area contributed by atoms with Crippen LogP contribution in [0.25, 0.3) is 64.3 Å². The Hall–Kier alpha value is -7.52. The van der Waals surface area contributed by atoms with E-state index in [1.165, 1.54) is 92.3 Å². The molecule has 0 fully saturated rings. The van der Waals surface area contributed by atoms with Crippen molar-refractivity contribution in [2.75, 3.05) is 4.90 Å². The molecule has 0 spiro atoms. The van der Waals surface area contributed by atoms with Crippen LogP contribution in [0.4, 0.5) is 17.1 Å². The van der Waals surface area contributed by atoms with Gasteiger partial charge in [-0.1, -0.05) is 194 Å². The Bertz CT molecular complexity index is 3410. The molecule has 1 aliphatic rings. The van der Waals surface area contributed by atoms with Crippen LogP contribution < -0.4 is 4.90 Å². The Morgan fingerprint density at radius 3 is 1.80 bits per heavy atom. The van der Waals surface area contributed by atoms with Gasteiger partial charge in [0.2, 0.25) is 0 Å². The molecule has 61 heavy (non-hydrogen) atoms. The van der Waals surface area contributed by atoms with Crippen LogP contribution >= 0.6 is 11.3 Å². The molecule has 1 nitrogen and oxygen atoms in total. The largest absolute Gasteiger partial charge is 0.309 e. The molecule has 0 amide bonds. The number of rotatable bonds is 7. The van der Waals surface area contributed by atoms with E-state index in [0.29, 0.717) is 0 Å². The summed E-state index contributed by atoms with van der Waals surface area (Å²) in [4.78, 5) is 2.44. The normalized spacial score (nSPS) is 14.3. The summed E-state index contributed by atoms with van der Waals surface area (Å²) in [5.74, 6) is 0. The third kappa shape index (κ3) is 5.60. The highest BCUT2D eigenvalue weighted by Crippen LogP contribution is 2.58. The zero-order valence-electron chi connectivity index (χ0n) is 33.4. The van der Waals surface area contributed by atoms with Gasteiger partial charge in [0.25, 0.3) is 0 Å². The minimum absolute atomic E-state index is 0.498. The number of hydrogen-bond acceptors (Lipinski definition) is 2. The third-order valence-electron chi connectivity index (χ3n) is 12.7.